The van der Waals surface area contributed by atoms with Crippen LogP contribution in [0.1, 0.15) is 37.0 Å². The average molecular weight is 380 g/mol. The summed E-state index contributed by atoms with van der Waals surface area (Å²) in [6, 6.07) is 5.71. The number of hydrogen-bond acceptors (Lipinski definition) is 7. The molecule has 1 aromatic heterocycles. The third kappa shape index (κ3) is 9.53. The Hall–Kier alpha value is -1.93. The van der Waals surface area contributed by atoms with Gasteiger partial charge < -0.3 is 21.2 Å². The minimum absolute atomic E-state index is 0.134. The van der Waals surface area contributed by atoms with E-state index in [-0.39, 0.29) is 6.17 Å². The Labute approximate surface area is 161 Å². The summed E-state index contributed by atoms with van der Waals surface area (Å²) < 4.78 is 5.32. The summed E-state index contributed by atoms with van der Waals surface area (Å²) in [7, 11) is 3.48. The van der Waals surface area contributed by atoms with Crippen molar-refractivity contribution in [2.45, 2.75) is 40.3 Å². The van der Waals surface area contributed by atoms with E-state index in [4.69, 9.17) is 16.3 Å². The van der Waals surface area contributed by atoms with Crippen LogP contribution < -0.4 is 27.1 Å². The topological polar surface area (TPSA) is 98.2 Å². The number of nitrogens with two attached hydrogens (primary N) is 2. The highest BCUT2D eigenvalue weighted by molar-refractivity contribution is 7.09. The van der Waals surface area contributed by atoms with E-state index < -0.39 is 0 Å². The first kappa shape index (κ1) is 24.1. The molecule has 2 rings (SSSR count). The molecule has 0 aliphatic heterocycles. The molecule has 1 atom stereocenters. The molecule has 6 nitrogen and oxygen atoms in total. The normalized spacial score (nSPS) is 11.1. The van der Waals surface area contributed by atoms with Gasteiger partial charge in [0.25, 0.3) is 0 Å². The van der Waals surface area contributed by atoms with Crippen LogP contribution in [0.25, 0.3) is 6.08 Å². The maximum atomic E-state index is 5.41. The molecule has 0 fully saturated rings. The van der Waals surface area contributed by atoms with Crippen LogP contribution in [0.3, 0.4) is 0 Å². The predicted molar refractivity (Wildman–Crippen MR) is 114 cm³/mol. The fourth-order valence-electron chi connectivity index (χ4n) is 1.76. The first-order valence-corrected chi connectivity index (χ1v) is 9.53. The van der Waals surface area contributed by atoms with Gasteiger partial charge in [-0.15, -0.1) is 11.3 Å². The summed E-state index contributed by atoms with van der Waals surface area (Å²) in [6.45, 7) is 7.90. The molecule has 7 heteroatoms. The van der Waals surface area contributed by atoms with Gasteiger partial charge in [0.2, 0.25) is 0 Å². The van der Waals surface area contributed by atoms with Crippen molar-refractivity contribution in [3.8, 4) is 5.75 Å². The number of hydrogen-bond donors (Lipinski definition) is 4. The lowest BCUT2D eigenvalue weighted by Gasteiger charge is -2.07. The molecule has 0 saturated heterocycles. The third-order valence-electron chi connectivity index (χ3n) is 3.14. The fraction of sp³-hybridized carbons (Fsp3) is 0.421. The van der Waals surface area contributed by atoms with Crippen LogP contribution in [0.2, 0.25) is 0 Å². The van der Waals surface area contributed by atoms with Gasteiger partial charge in [-0.05, 0) is 39.1 Å². The van der Waals surface area contributed by atoms with Crippen molar-refractivity contribution in [2.24, 2.45) is 11.6 Å². The number of thiazole rings is 1. The van der Waals surface area contributed by atoms with Crippen LogP contribution in [-0.2, 0) is 6.42 Å². The third-order valence-corrected chi connectivity index (χ3v) is 3.97. The lowest BCUT2D eigenvalue weighted by Crippen LogP contribution is -2.30. The molecular formula is C19H33N5OS. The monoisotopic (exact) mass is 379 g/mol. The Morgan fingerprint density at radius 3 is 2.46 bits per heavy atom. The summed E-state index contributed by atoms with van der Waals surface area (Å²) in [6.07, 6.45) is 5.05. The molecule has 0 aliphatic rings. The van der Waals surface area contributed by atoms with E-state index in [1.165, 1.54) is 0 Å². The second-order valence-corrected chi connectivity index (χ2v) is 6.20. The number of nitrogens with zero attached hydrogens (tertiary/aromatic N) is 1. The summed E-state index contributed by atoms with van der Waals surface area (Å²) in [5.74, 6) is 6.23. The van der Waals surface area contributed by atoms with Crippen LogP contribution >= 0.6 is 11.3 Å². The van der Waals surface area contributed by atoms with Gasteiger partial charge in [-0.3, -0.25) is 5.84 Å². The van der Waals surface area contributed by atoms with E-state index in [9.17, 15) is 0 Å². The maximum Gasteiger partial charge on any atom is 0.126 e. The zero-order valence-corrected chi connectivity index (χ0v) is 17.5. The van der Waals surface area contributed by atoms with E-state index in [0.29, 0.717) is 0 Å². The lowest BCUT2D eigenvalue weighted by molar-refractivity contribution is 0.414. The van der Waals surface area contributed by atoms with Crippen LogP contribution in [0.5, 0.6) is 5.75 Å². The fourth-order valence-corrected chi connectivity index (χ4v) is 2.39. The smallest absolute Gasteiger partial charge is 0.126 e. The number of benzene rings is 1. The molecule has 146 valence electrons. The van der Waals surface area contributed by atoms with Gasteiger partial charge in [-0.2, -0.15) is 0 Å². The summed E-state index contributed by atoms with van der Waals surface area (Å²) >= 11 is 1.67. The van der Waals surface area contributed by atoms with Crippen molar-refractivity contribution in [3.63, 3.8) is 0 Å². The molecule has 0 spiro atoms. The Morgan fingerprint density at radius 1 is 1.35 bits per heavy atom. The molecule has 0 saturated carbocycles. The number of nitrogen functional groups attached to an aromatic ring is 1. The van der Waals surface area contributed by atoms with Crippen LogP contribution in [0.4, 0.5) is 5.69 Å². The standard InChI is InChI=1S/C14H17N3OS.C3H10N2.C2H6/c1-10-16-13(9-19-10)5-3-4-11-8-12(17-15)6-7-14(11)18-2;1-3(4)5-2;1-2/h3-4,6-9,17H,5,15H2,1-2H3;3,5H,4H2,1-2H3;1-2H3/b4-3+;;. The number of anilines is 1. The van der Waals surface area contributed by atoms with Gasteiger partial charge in [0, 0.05) is 23.1 Å². The van der Waals surface area contributed by atoms with E-state index in [0.717, 1.165) is 34.1 Å². The average Bonchev–Trinajstić information content (AvgIpc) is 3.08. The first-order chi connectivity index (χ1) is 12.5. The minimum Gasteiger partial charge on any atom is -0.496 e. The Kier molecular flexibility index (Phi) is 13.2. The van der Waals surface area contributed by atoms with Gasteiger partial charge >= 0.3 is 0 Å². The van der Waals surface area contributed by atoms with Gasteiger partial charge in [0.05, 0.1) is 24.0 Å². The van der Waals surface area contributed by atoms with E-state index in [1.54, 1.807) is 18.4 Å². The highest BCUT2D eigenvalue weighted by Gasteiger charge is 2.01. The highest BCUT2D eigenvalue weighted by Crippen LogP contribution is 2.23. The number of hydrazine groups is 1. The molecule has 26 heavy (non-hydrogen) atoms. The Balaban J connectivity index is 0.000000772. The molecule has 2 aromatic rings. The molecule has 0 radical (unpaired) electrons. The van der Waals surface area contributed by atoms with E-state index in [2.05, 4.69) is 27.2 Å². The number of allylic oxidation sites excluding steroid dienone is 1. The molecule has 1 aromatic carbocycles. The Bertz CT molecular complexity index is 641. The van der Waals surface area contributed by atoms with Crippen LogP contribution in [0.15, 0.2) is 29.7 Å². The van der Waals surface area contributed by atoms with Gasteiger partial charge in [-0.25, -0.2) is 4.98 Å². The number of aryl methyl sites for hydroxylation is 1. The van der Waals surface area contributed by atoms with Gasteiger partial charge in [-0.1, -0.05) is 26.0 Å². The van der Waals surface area contributed by atoms with Crippen molar-refractivity contribution in [2.75, 3.05) is 19.6 Å². The summed E-state index contributed by atoms with van der Waals surface area (Å²) in [5.41, 5.74) is 10.7. The number of ether oxygens (including phenoxy) is 1. The zero-order valence-electron chi connectivity index (χ0n) is 16.7. The second-order valence-electron chi connectivity index (χ2n) is 5.14. The summed E-state index contributed by atoms with van der Waals surface area (Å²) in [5, 5.41) is 5.98. The largest absolute Gasteiger partial charge is 0.496 e. The van der Waals surface area contributed by atoms with Gasteiger partial charge in [0.1, 0.15) is 5.75 Å². The molecule has 0 amide bonds. The number of rotatable bonds is 6. The van der Waals surface area contributed by atoms with Crippen molar-refractivity contribution < 1.29 is 4.74 Å². The van der Waals surface area contributed by atoms with E-state index in [1.807, 2.05) is 59.0 Å². The van der Waals surface area contributed by atoms with E-state index >= 15 is 0 Å². The van der Waals surface area contributed by atoms with Crippen LogP contribution in [-0.4, -0.2) is 25.3 Å². The SMILES string of the molecule is CC.CNC(C)N.COc1ccc(NN)cc1/C=C/Cc1csc(C)n1. The Morgan fingerprint density at radius 2 is 2.00 bits per heavy atom. The van der Waals surface area contributed by atoms with Crippen molar-refractivity contribution in [1.82, 2.24) is 10.3 Å². The number of methoxy groups -OCH3 is 1. The number of nitrogens with one attached hydrogen (secondary N) is 2. The quantitative estimate of drug-likeness (QED) is 0.348. The predicted octanol–water partition coefficient (Wildman–Crippen LogP) is 3.54. The van der Waals surface area contributed by atoms with Crippen molar-refractivity contribution in [1.29, 1.82) is 0 Å². The second kappa shape index (κ2) is 14.3. The summed E-state index contributed by atoms with van der Waals surface area (Å²) in [4.78, 5) is 4.42. The van der Waals surface area contributed by atoms with Crippen LogP contribution in [0, 0.1) is 6.92 Å². The highest BCUT2D eigenvalue weighted by atomic mass is 32.1. The lowest BCUT2D eigenvalue weighted by atomic mass is 10.1. The molecule has 6 N–H and O–H groups in total. The van der Waals surface area contributed by atoms with Gasteiger partial charge in [0.15, 0.2) is 0 Å². The maximum absolute atomic E-state index is 5.41. The van der Waals surface area contributed by atoms with Crippen molar-refractivity contribution in [3.05, 3.63) is 45.9 Å². The molecular weight excluding hydrogens is 346 g/mol. The first-order valence-electron chi connectivity index (χ1n) is 8.65. The number of aromatic nitrogens is 1. The molecule has 0 bridgehead atoms. The minimum atomic E-state index is 0.134. The zero-order chi connectivity index (χ0) is 19.9. The molecule has 0 aliphatic carbocycles. The molecule has 1 heterocycles. The molecule has 1 unspecified atom stereocenters. The van der Waals surface area contributed by atoms with Crippen molar-refractivity contribution >= 4 is 23.1 Å².